The van der Waals surface area contributed by atoms with Crippen LogP contribution in [0.5, 0.6) is 0 Å². The fraction of sp³-hybridized carbons (Fsp3) is 0.538. The highest BCUT2D eigenvalue weighted by atomic mass is 16.5. The van der Waals surface area contributed by atoms with Crippen LogP contribution in [0.15, 0.2) is 29.0 Å². The lowest BCUT2D eigenvalue weighted by Crippen LogP contribution is -2.04. The third-order valence-electron chi connectivity index (χ3n) is 1.98. The molecule has 0 aromatic carbocycles. The Hall–Kier alpha value is -1.27. The van der Waals surface area contributed by atoms with Crippen molar-refractivity contribution >= 4 is 5.97 Å². The van der Waals surface area contributed by atoms with E-state index < -0.39 is 0 Å². The molecule has 0 rings (SSSR count). The van der Waals surface area contributed by atoms with E-state index in [0.717, 1.165) is 24.8 Å². The quantitative estimate of drug-likeness (QED) is 0.299. The minimum atomic E-state index is -0.271. The molecule has 0 aliphatic heterocycles. The van der Waals surface area contributed by atoms with E-state index in [2.05, 4.69) is 12.7 Å². The molecule has 0 atom stereocenters. The van der Waals surface area contributed by atoms with Crippen LogP contribution in [0.3, 0.4) is 0 Å². The highest BCUT2D eigenvalue weighted by molar-refractivity contribution is 5.88. The molecule has 0 saturated carbocycles. The van der Waals surface area contributed by atoms with E-state index in [1.165, 1.54) is 7.11 Å². The van der Waals surface area contributed by atoms with Crippen molar-refractivity contribution < 1.29 is 9.53 Å². The van der Waals surface area contributed by atoms with Crippen molar-refractivity contribution in [1.82, 2.24) is 0 Å². The maximum Gasteiger partial charge on any atom is 0.341 e. The third-order valence-corrected chi connectivity index (χ3v) is 1.98. The van der Waals surface area contributed by atoms with Gasteiger partial charge < -0.3 is 4.74 Å². The molecule has 0 saturated heterocycles. The first-order valence-corrected chi connectivity index (χ1v) is 5.33. The lowest BCUT2D eigenvalue weighted by Gasteiger charge is -2.01. The molecule has 0 aliphatic carbocycles. The Balaban J connectivity index is 4.90. The second kappa shape index (κ2) is 8.07. The molecule has 15 heavy (non-hydrogen) atoms. The van der Waals surface area contributed by atoms with E-state index in [-0.39, 0.29) is 5.97 Å². The van der Waals surface area contributed by atoms with Crippen LogP contribution in [-0.4, -0.2) is 13.1 Å². The van der Waals surface area contributed by atoms with Crippen LogP contribution in [-0.2, 0) is 9.53 Å². The van der Waals surface area contributed by atoms with E-state index in [9.17, 15) is 4.79 Å². The van der Waals surface area contributed by atoms with Crippen molar-refractivity contribution in [1.29, 1.82) is 0 Å². The number of ether oxygens (including phenoxy) is 1. The number of allylic oxidation sites excluding steroid dienone is 2. The number of unbranched alkanes of at least 4 members (excludes halogenated alkanes) is 1. The zero-order chi connectivity index (χ0) is 11.7. The minimum Gasteiger partial charge on any atom is -0.465 e. The monoisotopic (exact) mass is 208 g/mol. The summed E-state index contributed by atoms with van der Waals surface area (Å²) in [7, 11) is 1.40. The van der Waals surface area contributed by atoms with Crippen LogP contribution in [0.2, 0.25) is 0 Å². The van der Waals surface area contributed by atoms with Gasteiger partial charge in [0.25, 0.3) is 0 Å². The molecule has 0 aromatic heterocycles. The van der Waals surface area contributed by atoms with Gasteiger partial charge in [0.05, 0.1) is 12.7 Å². The molecule has 0 heterocycles. The Bertz CT molecular complexity index is 292. The van der Waals surface area contributed by atoms with E-state index >= 15 is 0 Å². The number of esters is 1. The van der Waals surface area contributed by atoms with Crippen molar-refractivity contribution in [3.8, 4) is 0 Å². The van der Waals surface area contributed by atoms with E-state index in [1.54, 1.807) is 0 Å². The summed E-state index contributed by atoms with van der Waals surface area (Å²) in [6.45, 7) is 5.96. The smallest absolute Gasteiger partial charge is 0.341 e. The lowest BCUT2D eigenvalue weighted by molar-refractivity contribution is -0.136. The number of methoxy groups -OCH3 is 1. The lowest BCUT2D eigenvalue weighted by atomic mass is 10.1. The molecular weight excluding hydrogens is 188 g/mol. The molecule has 0 radical (unpaired) electrons. The molecule has 84 valence electrons. The van der Waals surface area contributed by atoms with Crippen LogP contribution >= 0.6 is 0 Å². The molecule has 0 amide bonds. The van der Waals surface area contributed by atoms with Crippen LogP contribution in [0.1, 0.15) is 40.0 Å². The van der Waals surface area contributed by atoms with Gasteiger partial charge in [0, 0.05) is 0 Å². The molecule has 0 bridgehead atoms. The first-order valence-electron chi connectivity index (χ1n) is 5.33. The Morgan fingerprint density at radius 2 is 2.13 bits per heavy atom. The SMILES string of the molecule is C/C=C/C(C)=C=C(CCCC)C(=O)OC. The minimum absolute atomic E-state index is 0.271. The van der Waals surface area contributed by atoms with E-state index in [0.29, 0.717) is 5.57 Å². The molecule has 0 fully saturated rings. The van der Waals surface area contributed by atoms with Crippen LogP contribution < -0.4 is 0 Å². The Morgan fingerprint density at radius 1 is 1.47 bits per heavy atom. The number of hydrogen-bond donors (Lipinski definition) is 0. The molecule has 2 heteroatoms. The van der Waals surface area contributed by atoms with Gasteiger partial charge in [0.1, 0.15) is 0 Å². The highest BCUT2D eigenvalue weighted by Crippen LogP contribution is 2.09. The van der Waals surface area contributed by atoms with E-state index in [4.69, 9.17) is 4.74 Å². The maximum absolute atomic E-state index is 11.4. The molecule has 0 unspecified atom stereocenters. The van der Waals surface area contributed by atoms with Crippen LogP contribution in [0.4, 0.5) is 0 Å². The Labute approximate surface area is 92.3 Å². The third kappa shape index (κ3) is 5.92. The number of rotatable bonds is 5. The summed E-state index contributed by atoms with van der Waals surface area (Å²) < 4.78 is 4.71. The van der Waals surface area contributed by atoms with Crippen LogP contribution in [0.25, 0.3) is 0 Å². The zero-order valence-electron chi connectivity index (χ0n) is 10.1. The fourth-order valence-corrected chi connectivity index (χ4v) is 1.22. The Morgan fingerprint density at radius 3 is 2.60 bits per heavy atom. The molecule has 0 aromatic rings. The summed E-state index contributed by atoms with van der Waals surface area (Å²) >= 11 is 0. The van der Waals surface area contributed by atoms with Crippen molar-refractivity contribution in [2.24, 2.45) is 0 Å². The molecule has 0 spiro atoms. The second-order valence-electron chi connectivity index (χ2n) is 3.38. The standard InChI is InChI=1S/C13H20O2/c1-5-7-9-12(13(14)15-4)10-11(3)8-6-2/h6,8H,5,7,9H2,1-4H3/b8-6+. The average molecular weight is 208 g/mol. The number of hydrogen-bond acceptors (Lipinski definition) is 2. The van der Waals surface area contributed by atoms with Gasteiger partial charge in [-0.25, -0.2) is 4.79 Å². The van der Waals surface area contributed by atoms with Gasteiger partial charge in [0.2, 0.25) is 0 Å². The van der Waals surface area contributed by atoms with Gasteiger partial charge in [-0.1, -0.05) is 25.5 Å². The van der Waals surface area contributed by atoms with Gasteiger partial charge in [-0.2, -0.15) is 0 Å². The largest absolute Gasteiger partial charge is 0.465 e. The first-order chi connectivity index (χ1) is 7.15. The van der Waals surface area contributed by atoms with Gasteiger partial charge in [-0.15, -0.1) is 5.73 Å². The molecule has 0 aliphatic rings. The van der Waals surface area contributed by atoms with Gasteiger partial charge in [0.15, 0.2) is 0 Å². The topological polar surface area (TPSA) is 26.3 Å². The van der Waals surface area contributed by atoms with Gasteiger partial charge in [-0.05, 0) is 32.3 Å². The second-order valence-corrected chi connectivity index (χ2v) is 3.38. The van der Waals surface area contributed by atoms with Gasteiger partial charge in [-0.3, -0.25) is 0 Å². The normalized spacial score (nSPS) is 9.87. The summed E-state index contributed by atoms with van der Waals surface area (Å²) in [5.41, 5.74) is 4.66. The summed E-state index contributed by atoms with van der Waals surface area (Å²) in [5, 5.41) is 0. The maximum atomic E-state index is 11.4. The first kappa shape index (κ1) is 13.7. The van der Waals surface area contributed by atoms with Crippen molar-refractivity contribution in [3.63, 3.8) is 0 Å². The summed E-state index contributed by atoms with van der Waals surface area (Å²) in [5.74, 6) is -0.271. The van der Waals surface area contributed by atoms with Gasteiger partial charge >= 0.3 is 5.97 Å². The summed E-state index contributed by atoms with van der Waals surface area (Å²) in [4.78, 5) is 11.4. The fourth-order valence-electron chi connectivity index (χ4n) is 1.22. The van der Waals surface area contributed by atoms with Crippen molar-refractivity contribution in [3.05, 3.63) is 29.0 Å². The molecule has 2 nitrogen and oxygen atoms in total. The summed E-state index contributed by atoms with van der Waals surface area (Å²) in [6, 6.07) is 0. The summed E-state index contributed by atoms with van der Waals surface area (Å²) in [6.07, 6.45) is 6.63. The highest BCUT2D eigenvalue weighted by Gasteiger charge is 2.07. The van der Waals surface area contributed by atoms with Crippen LogP contribution in [0, 0.1) is 0 Å². The number of carbonyl (C=O) groups is 1. The Kier molecular flexibility index (Phi) is 7.39. The predicted octanol–water partition coefficient (Wildman–Crippen LogP) is 3.40. The van der Waals surface area contributed by atoms with Crippen molar-refractivity contribution in [2.75, 3.05) is 7.11 Å². The zero-order valence-corrected chi connectivity index (χ0v) is 10.1. The predicted molar refractivity (Wildman–Crippen MR) is 62.6 cm³/mol. The van der Waals surface area contributed by atoms with E-state index in [1.807, 2.05) is 26.0 Å². The molecular formula is C13H20O2. The number of carbonyl (C=O) groups excluding carboxylic acids is 1. The average Bonchev–Trinajstić information content (AvgIpc) is 2.23. The van der Waals surface area contributed by atoms with Crippen molar-refractivity contribution in [2.45, 2.75) is 40.0 Å². The molecule has 0 N–H and O–H groups in total.